The lowest BCUT2D eigenvalue weighted by molar-refractivity contribution is 0.791. The van der Waals surface area contributed by atoms with Gasteiger partial charge < -0.3 is 5.73 Å². The van der Waals surface area contributed by atoms with Crippen LogP contribution in [0, 0.1) is 0 Å². The number of nitrogens with zero attached hydrogens (tertiary/aromatic N) is 4. The van der Waals surface area contributed by atoms with Crippen LogP contribution in [0.4, 0.5) is 5.69 Å². The van der Waals surface area contributed by atoms with Crippen molar-refractivity contribution in [3.05, 3.63) is 50.9 Å². The lowest BCUT2D eigenvalue weighted by atomic mass is 10.2. The van der Waals surface area contributed by atoms with Crippen molar-refractivity contribution in [2.45, 2.75) is 0 Å². The van der Waals surface area contributed by atoms with Crippen LogP contribution in [0.15, 0.2) is 40.9 Å². The van der Waals surface area contributed by atoms with E-state index in [0.29, 0.717) is 32.8 Å². The Morgan fingerprint density at radius 1 is 1.10 bits per heavy atom. The third kappa shape index (κ3) is 2.88. The smallest absolute Gasteiger partial charge is 0.187 e. The average Bonchev–Trinajstić information content (AvgIpc) is 2.86. The molecule has 0 saturated carbocycles. The van der Waals surface area contributed by atoms with Gasteiger partial charge in [0.15, 0.2) is 5.82 Å². The molecule has 1 heterocycles. The third-order valence-corrected chi connectivity index (χ3v) is 3.80. The van der Waals surface area contributed by atoms with Gasteiger partial charge in [-0.1, -0.05) is 39.1 Å². The molecule has 3 rings (SSSR count). The molecule has 0 aliphatic rings. The zero-order valence-corrected chi connectivity index (χ0v) is 13.6. The SMILES string of the molecule is Nc1cc(Cl)cc(-c2nnnn2-c2ccc(Br)cc2Cl)c1. The summed E-state index contributed by atoms with van der Waals surface area (Å²) in [5, 5.41) is 12.8. The highest BCUT2D eigenvalue weighted by molar-refractivity contribution is 9.10. The summed E-state index contributed by atoms with van der Waals surface area (Å²) in [4.78, 5) is 0. The lowest BCUT2D eigenvalue weighted by Crippen LogP contribution is -2.01. The van der Waals surface area contributed by atoms with Crippen LogP contribution < -0.4 is 5.73 Å². The highest BCUT2D eigenvalue weighted by Crippen LogP contribution is 2.29. The molecule has 2 aromatic carbocycles. The molecule has 0 saturated heterocycles. The van der Waals surface area contributed by atoms with Crippen molar-refractivity contribution < 1.29 is 0 Å². The Balaban J connectivity index is 2.17. The van der Waals surface area contributed by atoms with Crippen LogP contribution in [-0.2, 0) is 0 Å². The van der Waals surface area contributed by atoms with E-state index < -0.39 is 0 Å². The van der Waals surface area contributed by atoms with E-state index in [0.717, 1.165) is 4.47 Å². The number of hydrogen-bond acceptors (Lipinski definition) is 4. The van der Waals surface area contributed by atoms with E-state index >= 15 is 0 Å². The van der Waals surface area contributed by atoms with Crippen molar-refractivity contribution in [1.29, 1.82) is 0 Å². The molecule has 0 aliphatic heterocycles. The molecule has 3 aromatic rings. The van der Waals surface area contributed by atoms with Gasteiger partial charge in [-0.2, -0.15) is 4.68 Å². The topological polar surface area (TPSA) is 69.6 Å². The van der Waals surface area contributed by atoms with Crippen LogP contribution in [0.3, 0.4) is 0 Å². The second-order valence-corrected chi connectivity index (χ2v) is 6.04. The monoisotopic (exact) mass is 383 g/mol. The van der Waals surface area contributed by atoms with Crippen molar-refractivity contribution in [1.82, 2.24) is 20.2 Å². The van der Waals surface area contributed by atoms with Crippen LogP contribution in [0.2, 0.25) is 10.0 Å². The number of benzene rings is 2. The molecule has 106 valence electrons. The number of nitrogens with two attached hydrogens (primary N) is 1. The van der Waals surface area contributed by atoms with Crippen molar-refractivity contribution in [3.8, 4) is 17.1 Å². The molecule has 0 aliphatic carbocycles. The molecule has 0 spiro atoms. The summed E-state index contributed by atoms with van der Waals surface area (Å²) < 4.78 is 2.41. The van der Waals surface area contributed by atoms with Gasteiger partial charge in [-0.05, 0) is 46.8 Å². The summed E-state index contributed by atoms with van der Waals surface area (Å²) in [7, 11) is 0. The van der Waals surface area contributed by atoms with E-state index in [9.17, 15) is 0 Å². The zero-order valence-electron chi connectivity index (χ0n) is 10.5. The Hall–Kier alpha value is -1.63. The normalized spacial score (nSPS) is 10.8. The van der Waals surface area contributed by atoms with Crippen molar-refractivity contribution in [2.24, 2.45) is 0 Å². The van der Waals surface area contributed by atoms with E-state index in [1.54, 1.807) is 28.9 Å². The number of anilines is 1. The molecule has 1 aromatic heterocycles. The molecule has 0 unspecified atom stereocenters. The first-order valence-corrected chi connectivity index (χ1v) is 7.40. The van der Waals surface area contributed by atoms with E-state index in [4.69, 9.17) is 28.9 Å². The maximum absolute atomic E-state index is 6.25. The Bertz CT molecular complexity index is 798. The number of halogens is 3. The second kappa shape index (κ2) is 5.63. The fourth-order valence-corrected chi connectivity index (χ4v) is 2.92. The Morgan fingerprint density at radius 2 is 1.90 bits per heavy atom. The molecular formula is C13H8BrCl2N5. The Labute approximate surface area is 138 Å². The quantitative estimate of drug-likeness (QED) is 0.678. The van der Waals surface area contributed by atoms with Crippen LogP contribution in [0.1, 0.15) is 0 Å². The van der Waals surface area contributed by atoms with E-state index in [1.165, 1.54) is 0 Å². The van der Waals surface area contributed by atoms with E-state index in [1.807, 2.05) is 12.1 Å². The number of rotatable bonds is 2. The van der Waals surface area contributed by atoms with Crippen LogP contribution in [0.5, 0.6) is 0 Å². The fraction of sp³-hybridized carbons (Fsp3) is 0. The summed E-state index contributed by atoms with van der Waals surface area (Å²) in [5.41, 5.74) is 7.72. The van der Waals surface area contributed by atoms with Crippen molar-refractivity contribution >= 4 is 44.8 Å². The largest absolute Gasteiger partial charge is 0.399 e. The van der Waals surface area contributed by atoms with E-state index in [-0.39, 0.29) is 0 Å². The summed E-state index contributed by atoms with van der Waals surface area (Å²) in [6, 6.07) is 10.6. The Morgan fingerprint density at radius 3 is 2.62 bits per heavy atom. The van der Waals surface area contributed by atoms with Gasteiger partial charge in [0.1, 0.15) is 0 Å². The highest BCUT2D eigenvalue weighted by atomic mass is 79.9. The second-order valence-electron chi connectivity index (χ2n) is 4.28. The van der Waals surface area contributed by atoms with Crippen LogP contribution in [0.25, 0.3) is 17.1 Å². The standard InChI is InChI=1S/C13H8BrCl2N5/c14-8-1-2-12(11(16)5-8)21-13(18-19-20-21)7-3-9(15)6-10(17)4-7/h1-6H,17H2. The number of tetrazole rings is 1. The maximum atomic E-state index is 6.25. The molecule has 2 N–H and O–H groups in total. The first kappa shape index (κ1) is 14.3. The third-order valence-electron chi connectivity index (χ3n) is 2.79. The Kier molecular flexibility index (Phi) is 3.84. The minimum Gasteiger partial charge on any atom is -0.399 e. The maximum Gasteiger partial charge on any atom is 0.187 e. The van der Waals surface area contributed by atoms with Gasteiger partial charge in [-0.25, -0.2) is 0 Å². The average molecular weight is 385 g/mol. The van der Waals surface area contributed by atoms with Gasteiger partial charge in [0.05, 0.1) is 10.7 Å². The minimum atomic E-state index is 0.508. The molecular weight excluding hydrogens is 377 g/mol. The molecule has 0 radical (unpaired) electrons. The van der Waals surface area contributed by atoms with Gasteiger partial charge in [0.25, 0.3) is 0 Å². The van der Waals surface area contributed by atoms with E-state index in [2.05, 4.69) is 31.5 Å². The number of hydrogen-bond donors (Lipinski definition) is 1. The molecule has 5 nitrogen and oxygen atoms in total. The van der Waals surface area contributed by atoms with Gasteiger partial charge in [-0.15, -0.1) is 5.10 Å². The highest BCUT2D eigenvalue weighted by Gasteiger charge is 2.14. The summed E-state index contributed by atoms with van der Waals surface area (Å²) in [6.07, 6.45) is 0. The first-order valence-electron chi connectivity index (χ1n) is 5.85. The van der Waals surface area contributed by atoms with Crippen molar-refractivity contribution in [2.75, 3.05) is 5.73 Å². The molecule has 8 heteroatoms. The van der Waals surface area contributed by atoms with Gasteiger partial charge >= 0.3 is 0 Å². The van der Waals surface area contributed by atoms with Crippen LogP contribution >= 0.6 is 39.1 Å². The fourth-order valence-electron chi connectivity index (χ4n) is 1.92. The molecule has 21 heavy (non-hydrogen) atoms. The van der Waals surface area contributed by atoms with Gasteiger partial charge in [0, 0.05) is 20.7 Å². The summed E-state index contributed by atoms with van der Waals surface area (Å²) in [5.74, 6) is 0.508. The molecule has 0 atom stereocenters. The first-order chi connectivity index (χ1) is 10.0. The molecule has 0 fully saturated rings. The predicted octanol–water partition coefficient (Wildman–Crippen LogP) is 3.98. The predicted molar refractivity (Wildman–Crippen MR) is 86.7 cm³/mol. The summed E-state index contributed by atoms with van der Waals surface area (Å²) >= 11 is 15.6. The lowest BCUT2D eigenvalue weighted by Gasteiger charge is -2.08. The van der Waals surface area contributed by atoms with Gasteiger partial charge in [-0.3, -0.25) is 0 Å². The minimum absolute atomic E-state index is 0.508. The van der Waals surface area contributed by atoms with Crippen molar-refractivity contribution in [3.63, 3.8) is 0 Å². The zero-order chi connectivity index (χ0) is 15.0. The number of aromatic nitrogens is 4. The van der Waals surface area contributed by atoms with Crippen LogP contribution in [-0.4, -0.2) is 20.2 Å². The van der Waals surface area contributed by atoms with Gasteiger partial charge in [0.2, 0.25) is 0 Å². The summed E-state index contributed by atoms with van der Waals surface area (Å²) in [6.45, 7) is 0. The molecule has 0 bridgehead atoms. The molecule has 0 amide bonds. The number of nitrogen functional groups attached to an aromatic ring is 1.